The van der Waals surface area contributed by atoms with E-state index in [-0.39, 0.29) is 12.4 Å². The number of nitrogens with one attached hydrogen (secondary N) is 1. The molecule has 0 bridgehead atoms. The molecule has 0 aromatic carbocycles. The molecular weight excluding hydrogens is 220 g/mol. The molecule has 2 heterocycles. The van der Waals surface area contributed by atoms with Gasteiger partial charge in [-0.2, -0.15) is 0 Å². The van der Waals surface area contributed by atoms with Crippen molar-refractivity contribution in [1.82, 2.24) is 10.2 Å². The van der Waals surface area contributed by atoms with Crippen LogP contribution in [0.2, 0.25) is 0 Å². The van der Waals surface area contributed by atoms with Crippen LogP contribution in [0, 0.1) is 5.92 Å². The third-order valence-corrected chi connectivity index (χ3v) is 4.18. The average molecular weight is 247 g/mol. The van der Waals surface area contributed by atoms with Gasteiger partial charge in [0.25, 0.3) is 0 Å². The molecule has 1 atom stereocenters. The Hall–Kier alpha value is 0.210. The summed E-state index contributed by atoms with van der Waals surface area (Å²) < 4.78 is 0. The molecule has 16 heavy (non-hydrogen) atoms. The highest BCUT2D eigenvalue weighted by Gasteiger charge is 2.22. The van der Waals surface area contributed by atoms with Gasteiger partial charge in [0.2, 0.25) is 0 Å². The normalized spacial score (nSPS) is 28.7. The molecule has 2 nitrogen and oxygen atoms in total. The number of rotatable bonds is 3. The van der Waals surface area contributed by atoms with E-state index in [2.05, 4.69) is 17.1 Å². The molecule has 0 amide bonds. The molecule has 2 saturated heterocycles. The fraction of sp³-hybridized carbons (Fsp3) is 1.00. The maximum Gasteiger partial charge on any atom is 0.00697 e. The second kappa shape index (κ2) is 7.52. The summed E-state index contributed by atoms with van der Waals surface area (Å²) in [5.74, 6) is 1.00. The van der Waals surface area contributed by atoms with Gasteiger partial charge in [0.1, 0.15) is 0 Å². The van der Waals surface area contributed by atoms with Gasteiger partial charge in [-0.05, 0) is 64.2 Å². The zero-order chi connectivity index (χ0) is 10.5. The number of halogens is 1. The van der Waals surface area contributed by atoms with Gasteiger partial charge in [-0.3, -0.25) is 0 Å². The van der Waals surface area contributed by atoms with E-state index in [9.17, 15) is 0 Å². The lowest BCUT2D eigenvalue weighted by atomic mass is 9.87. The van der Waals surface area contributed by atoms with Gasteiger partial charge in [0.15, 0.2) is 0 Å². The van der Waals surface area contributed by atoms with Crippen LogP contribution >= 0.6 is 12.4 Å². The molecule has 1 N–H and O–H groups in total. The Morgan fingerprint density at radius 1 is 1.12 bits per heavy atom. The predicted molar refractivity (Wildman–Crippen MR) is 72.3 cm³/mol. The van der Waals surface area contributed by atoms with Crippen LogP contribution in [-0.2, 0) is 0 Å². The van der Waals surface area contributed by atoms with E-state index in [1.54, 1.807) is 0 Å². The highest BCUT2D eigenvalue weighted by atomic mass is 35.5. The van der Waals surface area contributed by atoms with Crippen LogP contribution in [0.1, 0.15) is 45.4 Å². The maximum atomic E-state index is 3.68. The van der Waals surface area contributed by atoms with Gasteiger partial charge in [0, 0.05) is 6.04 Å². The summed E-state index contributed by atoms with van der Waals surface area (Å²) in [6.07, 6.45) is 8.58. The first-order valence-electron chi connectivity index (χ1n) is 6.84. The molecule has 0 saturated carbocycles. The van der Waals surface area contributed by atoms with Crippen molar-refractivity contribution in [2.24, 2.45) is 5.92 Å². The molecular formula is C13H27ClN2. The number of likely N-dealkylation sites (tertiary alicyclic amines) is 1. The third-order valence-electron chi connectivity index (χ3n) is 4.18. The quantitative estimate of drug-likeness (QED) is 0.824. The van der Waals surface area contributed by atoms with Crippen LogP contribution in [0.5, 0.6) is 0 Å². The lowest BCUT2D eigenvalue weighted by molar-refractivity contribution is 0.173. The first kappa shape index (κ1) is 14.3. The van der Waals surface area contributed by atoms with Gasteiger partial charge >= 0.3 is 0 Å². The summed E-state index contributed by atoms with van der Waals surface area (Å²) in [6.45, 7) is 7.47. The number of hydrogen-bond donors (Lipinski definition) is 1. The van der Waals surface area contributed by atoms with Crippen LogP contribution in [0.25, 0.3) is 0 Å². The van der Waals surface area contributed by atoms with Crippen molar-refractivity contribution in [2.45, 2.75) is 51.5 Å². The van der Waals surface area contributed by atoms with Crippen molar-refractivity contribution in [2.75, 3.05) is 26.2 Å². The lowest BCUT2D eigenvalue weighted by Crippen LogP contribution is -2.39. The zero-order valence-electron chi connectivity index (χ0n) is 10.6. The summed E-state index contributed by atoms with van der Waals surface area (Å²) in [5.41, 5.74) is 0. The standard InChI is InChI=1S/C13H26N2.ClH/c1-2-15-9-6-12(7-10-15)11-13-5-3-4-8-14-13;/h12-14H,2-11H2,1H3;1H. The van der Waals surface area contributed by atoms with E-state index >= 15 is 0 Å². The van der Waals surface area contributed by atoms with Crippen molar-refractivity contribution >= 4 is 12.4 Å². The van der Waals surface area contributed by atoms with E-state index in [4.69, 9.17) is 0 Å². The summed E-state index contributed by atoms with van der Waals surface area (Å²) in [7, 11) is 0. The summed E-state index contributed by atoms with van der Waals surface area (Å²) in [5, 5.41) is 3.68. The minimum atomic E-state index is 0. The molecule has 2 aliphatic rings. The van der Waals surface area contributed by atoms with Crippen molar-refractivity contribution in [3.05, 3.63) is 0 Å². The van der Waals surface area contributed by atoms with Crippen molar-refractivity contribution in [1.29, 1.82) is 0 Å². The molecule has 2 aliphatic heterocycles. The summed E-state index contributed by atoms with van der Waals surface area (Å²) in [6, 6.07) is 0.844. The fourth-order valence-corrected chi connectivity index (χ4v) is 3.07. The van der Waals surface area contributed by atoms with Crippen LogP contribution in [-0.4, -0.2) is 37.1 Å². The van der Waals surface area contributed by atoms with E-state index < -0.39 is 0 Å². The van der Waals surface area contributed by atoms with Crippen molar-refractivity contribution < 1.29 is 0 Å². The van der Waals surface area contributed by atoms with Gasteiger partial charge < -0.3 is 10.2 Å². The molecule has 0 spiro atoms. The Labute approximate surface area is 107 Å². The van der Waals surface area contributed by atoms with E-state index in [0.29, 0.717) is 0 Å². The number of nitrogens with zero attached hydrogens (tertiary/aromatic N) is 1. The highest BCUT2D eigenvalue weighted by Crippen LogP contribution is 2.24. The number of hydrogen-bond acceptors (Lipinski definition) is 2. The summed E-state index contributed by atoms with van der Waals surface area (Å²) >= 11 is 0. The van der Waals surface area contributed by atoms with Crippen molar-refractivity contribution in [3.63, 3.8) is 0 Å². The van der Waals surface area contributed by atoms with Gasteiger partial charge in [-0.15, -0.1) is 12.4 Å². The SMILES string of the molecule is CCN1CCC(CC2CCCCN2)CC1.Cl. The molecule has 2 fully saturated rings. The second-order valence-electron chi connectivity index (χ2n) is 5.26. The Kier molecular flexibility index (Phi) is 6.71. The maximum absolute atomic E-state index is 3.68. The zero-order valence-corrected chi connectivity index (χ0v) is 11.4. The molecule has 96 valence electrons. The van der Waals surface area contributed by atoms with Crippen LogP contribution in [0.15, 0.2) is 0 Å². The Bertz CT molecular complexity index is 173. The lowest BCUT2D eigenvalue weighted by Gasteiger charge is -2.34. The second-order valence-corrected chi connectivity index (χ2v) is 5.26. The molecule has 2 rings (SSSR count). The van der Waals surface area contributed by atoms with Crippen LogP contribution in [0.3, 0.4) is 0 Å². The third kappa shape index (κ3) is 4.23. The molecule has 3 heteroatoms. The van der Waals surface area contributed by atoms with E-state index in [1.165, 1.54) is 64.7 Å². The molecule has 0 aliphatic carbocycles. The topological polar surface area (TPSA) is 15.3 Å². The van der Waals surface area contributed by atoms with Gasteiger partial charge in [-0.1, -0.05) is 13.3 Å². The molecule has 1 unspecified atom stereocenters. The largest absolute Gasteiger partial charge is 0.314 e. The smallest absolute Gasteiger partial charge is 0.00697 e. The van der Waals surface area contributed by atoms with Gasteiger partial charge in [0.05, 0.1) is 0 Å². The van der Waals surface area contributed by atoms with Gasteiger partial charge in [-0.25, -0.2) is 0 Å². The number of piperidine rings is 2. The highest BCUT2D eigenvalue weighted by molar-refractivity contribution is 5.85. The first-order chi connectivity index (χ1) is 7.38. The first-order valence-corrected chi connectivity index (χ1v) is 6.84. The molecule has 0 aromatic rings. The fourth-order valence-electron chi connectivity index (χ4n) is 3.07. The Morgan fingerprint density at radius 2 is 1.88 bits per heavy atom. The Morgan fingerprint density at radius 3 is 2.44 bits per heavy atom. The average Bonchev–Trinajstić information content (AvgIpc) is 2.31. The summed E-state index contributed by atoms with van der Waals surface area (Å²) in [4.78, 5) is 2.59. The van der Waals surface area contributed by atoms with E-state index in [0.717, 1.165) is 12.0 Å². The van der Waals surface area contributed by atoms with Crippen LogP contribution in [0.4, 0.5) is 0 Å². The minimum absolute atomic E-state index is 0. The Balaban J connectivity index is 0.00000128. The van der Waals surface area contributed by atoms with E-state index in [1.807, 2.05) is 0 Å². The minimum Gasteiger partial charge on any atom is -0.314 e. The monoisotopic (exact) mass is 246 g/mol. The molecule has 0 radical (unpaired) electrons. The van der Waals surface area contributed by atoms with Crippen molar-refractivity contribution in [3.8, 4) is 0 Å². The molecule has 0 aromatic heterocycles. The van der Waals surface area contributed by atoms with Crippen LogP contribution < -0.4 is 5.32 Å². The predicted octanol–water partition coefficient (Wildman–Crippen LogP) is 2.67.